The SMILES string of the molecule is CCOc1c(Br)cc(Cl)cc1NC(=O)c1ccc2c(c1)C(=O)N(C)C2=O. The summed E-state index contributed by atoms with van der Waals surface area (Å²) in [6.07, 6.45) is 0. The summed E-state index contributed by atoms with van der Waals surface area (Å²) in [6.45, 7) is 2.23. The van der Waals surface area contributed by atoms with Crippen molar-refractivity contribution in [3.05, 3.63) is 56.5 Å². The van der Waals surface area contributed by atoms with Crippen molar-refractivity contribution in [2.75, 3.05) is 19.0 Å². The number of ether oxygens (including phenoxy) is 1. The molecule has 0 unspecified atom stereocenters. The van der Waals surface area contributed by atoms with Gasteiger partial charge in [0.2, 0.25) is 0 Å². The molecule has 0 spiro atoms. The maximum atomic E-state index is 12.6. The topological polar surface area (TPSA) is 75.7 Å². The number of benzene rings is 2. The number of halogens is 2. The van der Waals surface area contributed by atoms with Gasteiger partial charge in [-0.25, -0.2) is 0 Å². The molecule has 1 aliphatic rings. The number of nitrogens with one attached hydrogen (secondary N) is 1. The summed E-state index contributed by atoms with van der Waals surface area (Å²) in [5.74, 6) is -0.801. The first-order chi connectivity index (χ1) is 12.3. The molecule has 6 nitrogen and oxygen atoms in total. The van der Waals surface area contributed by atoms with Gasteiger partial charge in [0.25, 0.3) is 17.7 Å². The quantitative estimate of drug-likeness (QED) is 0.734. The lowest BCUT2D eigenvalue weighted by Gasteiger charge is -2.14. The minimum absolute atomic E-state index is 0.211. The van der Waals surface area contributed by atoms with Crippen LogP contribution in [0.15, 0.2) is 34.8 Å². The molecule has 0 atom stereocenters. The van der Waals surface area contributed by atoms with Crippen molar-refractivity contribution in [2.24, 2.45) is 0 Å². The van der Waals surface area contributed by atoms with Crippen molar-refractivity contribution in [1.29, 1.82) is 0 Å². The number of carbonyl (C=O) groups is 3. The van der Waals surface area contributed by atoms with Gasteiger partial charge in [-0.2, -0.15) is 0 Å². The predicted molar refractivity (Wildman–Crippen MR) is 101 cm³/mol. The van der Waals surface area contributed by atoms with Crippen LogP contribution in [-0.4, -0.2) is 36.3 Å². The smallest absolute Gasteiger partial charge is 0.261 e. The molecule has 1 aliphatic heterocycles. The molecule has 0 saturated carbocycles. The summed E-state index contributed by atoms with van der Waals surface area (Å²) in [4.78, 5) is 37.7. The van der Waals surface area contributed by atoms with E-state index in [1.165, 1.54) is 25.2 Å². The average Bonchev–Trinajstić information content (AvgIpc) is 2.82. The fourth-order valence-electron chi connectivity index (χ4n) is 2.64. The van der Waals surface area contributed by atoms with E-state index in [1.807, 2.05) is 6.92 Å². The summed E-state index contributed by atoms with van der Waals surface area (Å²) in [7, 11) is 1.41. The highest BCUT2D eigenvalue weighted by molar-refractivity contribution is 9.10. The molecule has 0 fully saturated rings. The first-order valence-electron chi connectivity index (χ1n) is 7.73. The lowest BCUT2D eigenvalue weighted by molar-refractivity contribution is 0.0693. The fourth-order valence-corrected chi connectivity index (χ4v) is 3.57. The van der Waals surface area contributed by atoms with E-state index in [0.717, 1.165) is 4.90 Å². The van der Waals surface area contributed by atoms with Gasteiger partial charge in [-0.1, -0.05) is 11.6 Å². The van der Waals surface area contributed by atoms with E-state index < -0.39 is 11.8 Å². The minimum Gasteiger partial charge on any atom is -0.491 e. The zero-order valence-electron chi connectivity index (χ0n) is 13.9. The van der Waals surface area contributed by atoms with E-state index >= 15 is 0 Å². The molecule has 2 aromatic rings. The van der Waals surface area contributed by atoms with Crippen molar-refractivity contribution >= 4 is 50.9 Å². The minimum atomic E-state index is -0.447. The highest BCUT2D eigenvalue weighted by Crippen LogP contribution is 2.37. The molecule has 0 radical (unpaired) electrons. The van der Waals surface area contributed by atoms with Crippen molar-refractivity contribution in [3.63, 3.8) is 0 Å². The lowest BCUT2D eigenvalue weighted by Crippen LogP contribution is -2.24. The Morgan fingerprint density at radius 2 is 1.88 bits per heavy atom. The Morgan fingerprint density at radius 1 is 1.19 bits per heavy atom. The second kappa shape index (κ2) is 7.09. The summed E-state index contributed by atoms with van der Waals surface area (Å²) >= 11 is 9.41. The number of anilines is 1. The Hall–Kier alpha value is -2.38. The van der Waals surface area contributed by atoms with Crippen LogP contribution in [0.2, 0.25) is 5.02 Å². The fraction of sp³-hybridized carbons (Fsp3) is 0.167. The van der Waals surface area contributed by atoms with Crippen LogP contribution in [0.5, 0.6) is 5.75 Å². The Labute approximate surface area is 163 Å². The second-order valence-corrected chi connectivity index (χ2v) is 6.87. The molecule has 26 heavy (non-hydrogen) atoms. The van der Waals surface area contributed by atoms with Crippen LogP contribution >= 0.6 is 27.5 Å². The van der Waals surface area contributed by atoms with Gasteiger partial charge in [-0.05, 0) is 53.2 Å². The van der Waals surface area contributed by atoms with Gasteiger partial charge in [0.1, 0.15) is 0 Å². The van der Waals surface area contributed by atoms with Crippen LogP contribution in [0.3, 0.4) is 0 Å². The summed E-state index contributed by atoms with van der Waals surface area (Å²) in [5, 5.41) is 3.16. The van der Waals surface area contributed by atoms with Crippen LogP contribution < -0.4 is 10.1 Å². The third-order valence-electron chi connectivity index (χ3n) is 3.90. The zero-order valence-corrected chi connectivity index (χ0v) is 16.3. The molecule has 0 aliphatic carbocycles. The van der Waals surface area contributed by atoms with Gasteiger partial charge in [0, 0.05) is 17.6 Å². The first-order valence-corrected chi connectivity index (χ1v) is 8.90. The average molecular weight is 438 g/mol. The normalized spacial score (nSPS) is 13.0. The Bertz CT molecular complexity index is 945. The van der Waals surface area contributed by atoms with Gasteiger partial charge in [0.05, 0.1) is 27.9 Å². The highest BCUT2D eigenvalue weighted by Gasteiger charge is 2.33. The molecule has 0 aromatic heterocycles. The third kappa shape index (κ3) is 3.20. The lowest BCUT2D eigenvalue weighted by atomic mass is 10.1. The van der Waals surface area contributed by atoms with E-state index in [4.69, 9.17) is 16.3 Å². The van der Waals surface area contributed by atoms with Gasteiger partial charge in [0.15, 0.2) is 5.75 Å². The molecule has 0 bridgehead atoms. The number of rotatable bonds is 4. The van der Waals surface area contributed by atoms with E-state index in [0.29, 0.717) is 27.5 Å². The number of nitrogens with zero attached hydrogens (tertiary/aromatic N) is 1. The second-order valence-electron chi connectivity index (χ2n) is 5.58. The molecule has 134 valence electrons. The predicted octanol–water partition coefficient (Wildman–Crippen LogP) is 3.98. The molecule has 8 heteroatoms. The molecule has 2 aromatic carbocycles. The van der Waals surface area contributed by atoms with Crippen molar-refractivity contribution in [1.82, 2.24) is 4.90 Å². The number of fused-ring (bicyclic) bond motifs is 1. The molecular weight excluding hydrogens is 424 g/mol. The van der Waals surface area contributed by atoms with Crippen LogP contribution in [0.4, 0.5) is 5.69 Å². The van der Waals surface area contributed by atoms with Gasteiger partial charge >= 0.3 is 0 Å². The first kappa shape index (κ1) is 18.4. The molecule has 0 saturated heterocycles. The van der Waals surface area contributed by atoms with Gasteiger partial charge < -0.3 is 10.1 Å². The maximum absolute atomic E-state index is 12.6. The maximum Gasteiger partial charge on any atom is 0.261 e. The van der Waals surface area contributed by atoms with Gasteiger partial charge in [-0.3, -0.25) is 19.3 Å². The molecule has 1 heterocycles. The summed E-state index contributed by atoms with van der Waals surface area (Å²) < 4.78 is 6.16. The number of hydrogen-bond donors (Lipinski definition) is 1. The zero-order chi connectivity index (χ0) is 19.0. The highest BCUT2D eigenvalue weighted by atomic mass is 79.9. The van der Waals surface area contributed by atoms with Crippen molar-refractivity contribution < 1.29 is 19.1 Å². The summed E-state index contributed by atoms with van der Waals surface area (Å²) in [5.41, 5.74) is 1.15. The Morgan fingerprint density at radius 3 is 2.58 bits per heavy atom. The van der Waals surface area contributed by atoms with Crippen LogP contribution in [-0.2, 0) is 0 Å². The van der Waals surface area contributed by atoms with E-state index in [-0.39, 0.29) is 22.6 Å². The van der Waals surface area contributed by atoms with Crippen LogP contribution in [0.25, 0.3) is 0 Å². The standard InChI is InChI=1S/C18H14BrClN2O4/c1-3-26-15-13(19)7-10(20)8-14(15)21-16(23)9-4-5-11-12(6-9)18(25)22(2)17(11)24/h4-8H,3H2,1-2H3,(H,21,23). The monoisotopic (exact) mass is 436 g/mol. The van der Waals surface area contributed by atoms with Crippen molar-refractivity contribution in [2.45, 2.75) is 6.92 Å². The molecule has 3 rings (SSSR count). The van der Waals surface area contributed by atoms with Crippen molar-refractivity contribution in [3.8, 4) is 5.75 Å². The molecule has 1 N–H and O–H groups in total. The van der Waals surface area contributed by atoms with E-state index in [9.17, 15) is 14.4 Å². The number of amides is 3. The largest absolute Gasteiger partial charge is 0.491 e. The van der Waals surface area contributed by atoms with Gasteiger partial charge in [-0.15, -0.1) is 0 Å². The number of hydrogen-bond acceptors (Lipinski definition) is 4. The Kier molecular flexibility index (Phi) is 5.02. The molecule has 3 amide bonds. The Balaban J connectivity index is 1.93. The summed E-state index contributed by atoms with van der Waals surface area (Å²) in [6, 6.07) is 7.63. The van der Waals surface area contributed by atoms with E-state index in [1.54, 1.807) is 12.1 Å². The van der Waals surface area contributed by atoms with E-state index in [2.05, 4.69) is 21.2 Å². The third-order valence-corrected chi connectivity index (χ3v) is 4.70. The number of carbonyl (C=O) groups excluding carboxylic acids is 3. The number of imide groups is 1. The van der Waals surface area contributed by atoms with Crippen LogP contribution in [0.1, 0.15) is 38.0 Å². The van der Waals surface area contributed by atoms with Crippen LogP contribution in [0, 0.1) is 0 Å². The molecular formula is C18H14BrClN2O4.